The van der Waals surface area contributed by atoms with Gasteiger partial charge in [-0.3, -0.25) is 4.68 Å². The molecule has 2 rings (SSSR count). The number of nitrogens with zero attached hydrogens (tertiary/aromatic N) is 2. The predicted octanol–water partition coefficient (Wildman–Crippen LogP) is 4.86. The SMILES string of the molecule is CC(C)n1ccc(CNc2ccc(Br)cc2C(F)(F)F)n1. The highest BCUT2D eigenvalue weighted by molar-refractivity contribution is 9.10. The maximum Gasteiger partial charge on any atom is 0.418 e. The Labute approximate surface area is 129 Å². The van der Waals surface area contributed by atoms with Gasteiger partial charge < -0.3 is 5.32 Å². The van der Waals surface area contributed by atoms with Crippen molar-refractivity contribution in [2.45, 2.75) is 32.6 Å². The molecule has 0 aliphatic rings. The van der Waals surface area contributed by atoms with Gasteiger partial charge in [0.15, 0.2) is 0 Å². The van der Waals surface area contributed by atoms with E-state index in [0.29, 0.717) is 10.2 Å². The monoisotopic (exact) mass is 361 g/mol. The van der Waals surface area contributed by atoms with E-state index in [4.69, 9.17) is 0 Å². The Kier molecular flexibility index (Phi) is 4.61. The number of halogens is 4. The molecule has 0 spiro atoms. The van der Waals surface area contributed by atoms with Crippen LogP contribution < -0.4 is 5.32 Å². The minimum absolute atomic E-state index is 0.0461. The first kappa shape index (κ1) is 15.9. The van der Waals surface area contributed by atoms with E-state index in [1.807, 2.05) is 20.0 Å². The van der Waals surface area contributed by atoms with Crippen molar-refractivity contribution in [3.63, 3.8) is 0 Å². The zero-order valence-corrected chi connectivity index (χ0v) is 13.2. The smallest absolute Gasteiger partial charge is 0.379 e. The molecule has 1 aromatic heterocycles. The fourth-order valence-electron chi connectivity index (χ4n) is 1.85. The van der Waals surface area contributed by atoms with Gasteiger partial charge in [-0.05, 0) is 38.1 Å². The Balaban J connectivity index is 2.16. The fraction of sp³-hybridized carbons (Fsp3) is 0.357. The molecule has 0 saturated heterocycles. The molecule has 7 heteroatoms. The summed E-state index contributed by atoms with van der Waals surface area (Å²) in [6.07, 6.45) is -2.59. The second-order valence-electron chi connectivity index (χ2n) is 4.92. The van der Waals surface area contributed by atoms with E-state index >= 15 is 0 Å². The fourth-order valence-corrected chi connectivity index (χ4v) is 2.21. The number of nitrogens with one attached hydrogen (secondary N) is 1. The van der Waals surface area contributed by atoms with Crippen molar-refractivity contribution < 1.29 is 13.2 Å². The first-order valence-corrected chi connectivity index (χ1v) is 7.21. The zero-order valence-electron chi connectivity index (χ0n) is 11.6. The van der Waals surface area contributed by atoms with Crippen LogP contribution in [0.5, 0.6) is 0 Å². The molecule has 0 radical (unpaired) electrons. The van der Waals surface area contributed by atoms with Crippen molar-refractivity contribution in [3.8, 4) is 0 Å². The minimum atomic E-state index is -4.40. The molecular weight excluding hydrogens is 347 g/mol. The largest absolute Gasteiger partial charge is 0.418 e. The van der Waals surface area contributed by atoms with Crippen molar-refractivity contribution in [1.29, 1.82) is 0 Å². The Morgan fingerprint density at radius 2 is 2.00 bits per heavy atom. The number of hydrogen-bond donors (Lipinski definition) is 1. The van der Waals surface area contributed by atoms with Gasteiger partial charge in [0.2, 0.25) is 0 Å². The van der Waals surface area contributed by atoms with E-state index in [1.165, 1.54) is 6.07 Å². The van der Waals surface area contributed by atoms with Crippen molar-refractivity contribution in [3.05, 3.63) is 46.2 Å². The lowest BCUT2D eigenvalue weighted by Gasteiger charge is -2.14. The normalized spacial score (nSPS) is 12.0. The molecule has 2 aromatic rings. The third kappa shape index (κ3) is 4.00. The molecule has 1 heterocycles. The third-order valence-electron chi connectivity index (χ3n) is 2.94. The highest BCUT2D eigenvalue weighted by Gasteiger charge is 2.33. The molecule has 0 saturated carbocycles. The molecule has 21 heavy (non-hydrogen) atoms. The molecule has 0 bridgehead atoms. The quantitative estimate of drug-likeness (QED) is 0.842. The Morgan fingerprint density at radius 3 is 2.57 bits per heavy atom. The lowest BCUT2D eigenvalue weighted by Crippen LogP contribution is -2.11. The van der Waals surface area contributed by atoms with Crippen LogP contribution in [0.15, 0.2) is 34.9 Å². The highest BCUT2D eigenvalue weighted by Crippen LogP contribution is 2.36. The summed E-state index contributed by atoms with van der Waals surface area (Å²) in [6.45, 7) is 4.21. The van der Waals surface area contributed by atoms with E-state index in [1.54, 1.807) is 16.8 Å². The summed E-state index contributed by atoms with van der Waals surface area (Å²) < 4.78 is 41.1. The summed E-state index contributed by atoms with van der Waals surface area (Å²) in [6, 6.07) is 6.06. The van der Waals surface area contributed by atoms with Gasteiger partial charge in [-0.1, -0.05) is 15.9 Å². The number of hydrogen-bond acceptors (Lipinski definition) is 2. The topological polar surface area (TPSA) is 29.9 Å². The van der Waals surface area contributed by atoms with Gasteiger partial charge in [0.1, 0.15) is 0 Å². The summed E-state index contributed by atoms with van der Waals surface area (Å²) in [7, 11) is 0. The van der Waals surface area contributed by atoms with Gasteiger partial charge in [-0.2, -0.15) is 18.3 Å². The molecule has 1 aromatic carbocycles. The van der Waals surface area contributed by atoms with Crippen LogP contribution >= 0.6 is 15.9 Å². The van der Waals surface area contributed by atoms with Gasteiger partial charge in [0.05, 0.1) is 17.8 Å². The average Bonchev–Trinajstić information content (AvgIpc) is 2.85. The van der Waals surface area contributed by atoms with Crippen LogP contribution in [0, 0.1) is 0 Å². The zero-order chi connectivity index (χ0) is 15.6. The van der Waals surface area contributed by atoms with Crippen molar-refractivity contribution in [1.82, 2.24) is 9.78 Å². The lowest BCUT2D eigenvalue weighted by atomic mass is 10.1. The predicted molar refractivity (Wildman–Crippen MR) is 79.1 cm³/mol. The number of benzene rings is 1. The third-order valence-corrected chi connectivity index (χ3v) is 3.43. The molecular formula is C14H15BrF3N3. The number of anilines is 1. The van der Waals surface area contributed by atoms with Crippen LogP contribution in [0.4, 0.5) is 18.9 Å². The number of rotatable bonds is 4. The molecule has 0 unspecified atom stereocenters. The van der Waals surface area contributed by atoms with Crippen LogP contribution in [0.25, 0.3) is 0 Å². The molecule has 3 nitrogen and oxygen atoms in total. The molecule has 0 atom stereocenters. The summed E-state index contributed by atoms with van der Waals surface area (Å²) in [5.41, 5.74) is 0.0460. The van der Waals surface area contributed by atoms with Gasteiger partial charge >= 0.3 is 6.18 Å². The van der Waals surface area contributed by atoms with E-state index in [0.717, 1.165) is 6.07 Å². The minimum Gasteiger partial charge on any atom is -0.379 e. The Morgan fingerprint density at radius 1 is 1.29 bits per heavy atom. The van der Waals surface area contributed by atoms with Crippen LogP contribution in [0.2, 0.25) is 0 Å². The number of alkyl halides is 3. The first-order chi connectivity index (χ1) is 9.77. The van der Waals surface area contributed by atoms with Gasteiger partial charge in [0, 0.05) is 22.4 Å². The van der Waals surface area contributed by atoms with Gasteiger partial charge in [-0.25, -0.2) is 0 Å². The lowest BCUT2D eigenvalue weighted by molar-refractivity contribution is -0.137. The average molecular weight is 362 g/mol. The molecule has 0 amide bonds. The van der Waals surface area contributed by atoms with Crippen LogP contribution in [0.1, 0.15) is 31.1 Å². The van der Waals surface area contributed by atoms with E-state index in [2.05, 4.69) is 26.3 Å². The summed E-state index contributed by atoms with van der Waals surface area (Å²) in [5, 5.41) is 7.10. The molecule has 0 fully saturated rings. The highest BCUT2D eigenvalue weighted by atomic mass is 79.9. The summed E-state index contributed by atoms with van der Waals surface area (Å²) >= 11 is 3.06. The van der Waals surface area contributed by atoms with Crippen molar-refractivity contribution in [2.24, 2.45) is 0 Å². The van der Waals surface area contributed by atoms with Gasteiger partial charge in [-0.15, -0.1) is 0 Å². The second kappa shape index (κ2) is 6.09. The van der Waals surface area contributed by atoms with Crippen molar-refractivity contribution in [2.75, 3.05) is 5.32 Å². The molecule has 0 aliphatic heterocycles. The molecule has 114 valence electrons. The first-order valence-electron chi connectivity index (χ1n) is 6.42. The molecule has 0 aliphatic carbocycles. The number of aromatic nitrogens is 2. The van der Waals surface area contributed by atoms with E-state index in [9.17, 15) is 13.2 Å². The Bertz CT molecular complexity index is 620. The van der Waals surface area contributed by atoms with Crippen LogP contribution in [-0.4, -0.2) is 9.78 Å². The van der Waals surface area contributed by atoms with Crippen LogP contribution in [-0.2, 0) is 12.7 Å². The summed E-state index contributed by atoms with van der Waals surface area (Å²) in [5.74, 6) is 0. The van der Waals surface area contributed by atoms with Crippen molar-refractivity contribution >= 4 is 21.6 Å². The van der Waals surface area contributed by atoms with E-state index < -0.39 is 11.7 Å². The summed E-state index contributed by atoms with van der Waals surface area (Å²) in [4.78, 5) is 0. The molecule has 1 N–H and O–H groups in total. The van der Waals surface area contributed by atoms with Crippen LogP contribution in [0.3, 0.4) is 0 Å². The Hall–Kier alpha value is -1.50. The standard InChI is InChI=1S/C14H15BrF3N3/c1-9(2)21-6-5-11(20-21)8-19-13-4-3-10(15)7-12(13)14(16,17)18/h3-7,9,19H,8H2,1-2H3. The van der Waals surface area contributed by atoms with E-state index in [-0.39, 0.29) is 18.3 Å². The maximum atomic E-state index is 13.0. The second-order valence-corrected chi connectivity index (χ2v) is 5.84. The maximum absolute atomic E-state index is 13.0. The van der Waals surface area contributed by atoms with Gasteiger partial charge in [0.25, 0.3) is 0 Å².